The molecule has 1 heterocycles. The number of allylic oxidation sites excluding steroid dienone is 1. The molecule has 1 atom stereocenters. The van der Waals surface area contributed by atoms with Crippen LogP contribution < -0.4 is 5.73 Å². The van der Waals surface area contributed by atoms with Gasteiger partial charge in [0.1, 0.15) is 0 Å². The first-order valence-electron chi connectivity index (χ1n) is 5.53. The molecule has 0 aliphatic heterocycles. The van der Waals surface area contributed by atoms with Gasteiger partial charge in [0.25, 0.3) is 0 Å². The minimum atomic E-state index is 0.0610. The van der Waals surface area contributed by atoms with Gasteiger partial charge in [-0.15, -0.1) is 6.58 Å². The Kier molecular flexibility index (Phi) is 3.32. The molecule has 0 radical (unpaired) electrons. The van der Waals surface area contributed by atoms with E-state index in [0.717, 1.165) is 23.7 Å². The third-order valence-electron chi connectivity index (χ3n) is 2.76. The van der Waals surface area contributed by atoms with Gasteiger partial charge in [0.05, 0.1) is 5.52 Å². The highest BCUT2D eigenvalue weighted by molar-refractivity contribution is 5.82. The number of aromatic nitrogens is 1. The minimum absolute atomic E-state index is 0.0610. The summed E-state index contributed by atoms with van der Waals surface area (Å²) in [5.41, 5.74) is 8.35. The lowest BCUT2D eigenvalue weighted by Gasteiger charge is -2.13. The molecule has 0 saturated carbocycles. The molecule has 2 heteroatoms. The Morgan fingerprint density at radius 2 is 2.12 bits per heavy atom. The number of pyridine rings is 1. The number of benzene rings is 1. The molecule has 0 aliphatic rings. The van der Waals surface area contributed by atoms with Gasteiger partial charge in [-0.1, -0.05) is 24.3 Å². The molecule has 1 unspecified atom stereocenters. The Hall–Kier alpha value is -1.67. The molecule has 2 rings (SSSR count). The molecule has 1 aromatic carbocycles. The number of fused-ring (bicyclic) bond motifs is 1. The highest BCUT2D eigenvalue weighted by Gasteiger charge is 2.08. The number of para-hydroxylation sites is 1. The van der Waals surface area contributed by atoms with Crippen LogP contribution >= 0.6 is 0 Å². The lowest BCUT2D eigenvalue weighted by molar-refractivity contribution is 0.665. The zero-order valence-corrected chi connectivity index (χ0v) is 9.26. The van der Waals surface area contributed by atoms with Crippen molar-refractivity contribution in [3.63, 3.8) is 0 Å². The van der Waals surface area contributed by atoms with Crippen molar-refractivity contribution in [3.8, 4) is 0 Å². The number of nitrogens with zero attached hydrogens (tertiary/aromatic N) is 1. The highest BCUT2D eigenvalue weighted by Crippen LogP contribution is 2.23. The summed E-state index contributed by atoms with van der Waals surface area (Å²) >= 11 is 0. The van der Waals surface area contributed by atoms with Gasteiger partial charge in [0.15, 0.2) is 0 Å². The van der Waals surface area contributed by atoms with Gasteiger partial charge < -0.3 is 5.73 Å². The molecule has 2 aromatic rings. The quantitative estimate of drug-likeness (QED) is 0.790. The van der Waals surface area contributed by atoms with Gasteiger partial charge in [-0.3, -0.25) is 4.98 Å². The second-order valence-electron chi connectivity index (χ2n) is 3.89. The summed E-state index contributed by atoms with van der Waals surface area (Å²) in [6.45, 7) is 3.72. The van der Waals surface area contributed by atoms with E-state index in [2.05, 4.69) is 17.6 Å². The maximum absolute atomic E-state index is 6.17. The molecule has 2 N–H and O–H groups in total. The van der Waals surface area contributed by atoms with Crippen LogP contribution in [0.1, 0.15) is 24.4 Å². The predicted molar refractivity (Wildman–Crippen MR) is 68.1 cm³/mol. The molecule has 2 nitrogen and oxygen atoms in total. The van der Waals surface area contributed by atoms with E-state index in [1.165, 1.54) is 5.56 Å². The molecule has 82 valence electrons. The summed E-state index contributed by atoms with van der Waals surface area (Å²) in [7, 11) is 0. The molecule has 0 bridgehead atoms. The fourth-order valence-electron chi connectivity index (χ4n) is 1.89. The van der Waals surface area contributed by atoms with Crippen molar-refractivity contribution in [2.24, 2.45) is 5.73 Å². The van der Waals surface area contributed by atoms with E-state index in [9.17, 15) is 0 Å². The summed E-state index contributed by atoms with van der Waals surface area (Å²) in [5.74, 6) is 0. The average Bonchev–Trinajstić information content (AvgIpc) is 2.35. The van der Waals surface area contributed by atoms with Crippen molar-refractivity contribution in [1.29, 1.82) is 0 Å². The van der Waals surface area contributed by atoms with Crippen molar-refractivity contribution in [2.45, 2.75) is 18.9 Å². The number of rotatable bonds is 4. The lowest BCUT2D eigenvalue weighted by atomic mass is 9.99. The zero-order chi connectivity index (χ0) is 11.4. The van der Waals surface area contributed by atoms with Crippen molar-refractivity contribution in [2.75, 3.05) is 0 Å². The number of hydrogen-bond donors (Lipinski definition) is 1. The third kappa shape index (κ3) is 2.12. The van der Waals surface area contributed by atoms with Gasteiger partial charge in [-0.25, -0.2) is 0 Å². The van der Waals surface area contributed by atoms with Crippen LogP contribution in [0, 0.1) is 0 Å². The summed E-state index contributed by atoms with van der Waals surface area (Å²) < 4.78 is 0. The van der Waals surface area contributed by atoms with E-state index in [0.29, 0.717) is 0 Å². The summed E-state index contributed by atoms with van der Waals surface area (Å²) in [6.07, 6.45) is 5.60. The SMILES string of the molecule is C=CCCC(N)c1ccnc2ccccc12. The van der Waals surface area contributed by atoms with E-state index >= 15 is 0 Å². The summed E-state index contributed by atoms with van der Waals surface area (Å²) in [6, 6.07) is 10.2. The monoisotopic (exact) mass is 212 g/mol. The largest absolute Gasteiger partial charge is 0.324 e. The van der Waals surface area contributed by atoms with E-state index in [-0.39, 0.29) is 6.04 Å². The van der Waals surface area contributed by atoms with Crippen LogP contribution in [0.5, 0.6) is 0 Å². The van der Waals surface area contributed by atoms with Gasteiger partial charge in [-0.05, 0) is 30.5 Å². The van der Waals surface area contributed by atoms with Crippen LogP contribution in [-0.2, 0) is 0 Å². The van der Waals surface area contributed by atoms with Crippen LogP contribution in [0.3, 0.4) is 0 Å². The smallest absolute Gasteiger partial charge is 0.0705 e. The molecular formula is C14H16N2. The molecule has 0 spiro atoms. The fraction of sp³-hybridized carbons (Fsp3) is 0.214. The normalized spacial score (nSPS) is 12.6. The Bertz CT molecular complexity index is 486. The maximum atomic E-state index is 6.17. The lowest BCUT2D eigenvalue weighted by Crippen LogP contribution is -2.10. The first-order valence-corrected chi connectivity index (χ1v) is 5.53. The van der Waals surface area contributed by atoms with Gasteiger partial charge in [0.2, 0.25) is 0 Å². The fourth-order valence-corrected chi connectivity index (χ4v) is 1.89. The van der Waals surface area contributed by atoms with Crippen LogP contribution in [0.2, 0.25) is 0 Å². The first kappa shape index (κ1) is 10.8. The van der Waals surface area contributed by atoms with Crippen molar-refractivity contribution in [1.82, 2.24) is 4.98 Å². The zero-order valence-electron chi connectivity index (χ0n) is 9.26. The van der Waals surface area contributed by atoms with Crippen molar-refractivity contribution >= 4 is 10.9 Å². The molecule has 0 fully saturated rings. The molecule has 1 aromatic heterocycles. The van der Waals surface area contributed by atoms with Crippen LogP contribution in [0.25, 0.3) is 10.9 Å². The van der Waals surface area contributed by atoms with E-state index < -0.39 is 0 Å². The minimum Gasteiger partial charge on any atom is -0.324 e. The van der Waals surface area contributed by atoms with Crippen molar-refractivity contribution in [3.05, 3.63) is 54.7 Å². The van der Waals surface area contributed by atoms with Gasteiger partial charge >= 0.3 is 0 Å². The second-order valence-corrected chi connectivity index (χ2v) is 3.89. The number of hydrogen-bond acceptors (Lipinski definition) is 2. The molecule has 16 heavy (non-hydrogen) atoms. The number of nitrogens with two attached hydrogens (primary N) is 1. The first-order chi connectivity index (χ1) is 7.83. The summed E-state index contributed by atoms with van der Waals surface area (Å²) in [4.78, 5) is 4.33. The van der Waals surface area contributed by atoms with Gasteiger partial charge in [-0.2, -0.15) is 0 Å². The predicted octanol–water partition coefficient (Wildman–Crippen LogP) is 3.20. The standard InChI is InChI=1S/C14H16N2/c1-2-3-7-13(15)11-9-10-16-14-8-5-4-6-12(11)14/h2,4-6,8-10,13H,1,3,7,15H2. The Balaban J connectivity index is 2.39. The van der Waals surface area contributed by atoms with E-state index in [1.54, 1.807) is 0 Å². The third-order valence-corrected chi connectivity index (χ3v) is 2.76. The van der Waals surface area contributed by atoms with Crippen LogP contribution in [-0.4, -0.2) is 4.98 Å². The topological polar surface area (TPSA) is 38.9 Å². The van der Waals surface area contributed by atoms with E-state index in [4.69, 9.17) is 5.73 Å². The molecule has 0 saturated heterocycles. The molecular weight excluding hydrogens is 196 g/mol. The second kappa shape index (κ2) is 4.90. The molecule has 0 amide bonds. The van der Waals surface area contributed by atoms with Crippen LogP contribution in [0.15, 0.2) is 49.2 Å². The van der Waals surface area contributed by atoms with Crippen molar-refractivity contribution < 1.29 is 0 Å². The molecule has 0 aliphatic carbocycles. The van der Waals surface area contributed by atoms with Crippen LogP contribution in [0.4, 0.5) is 0 Å². The van der Waals surface area contributed by atoms with Gasteiger partial charge in [0, 0.05) is 17.6 Å². The summed E-state index contributed by atoms with van der Waals surface area (Å²) in [5, 5.41) is 1.15. The maximum Gasteiger partial charge on any atom is 0.0705 e. The Morgan fingerprint density at radius 1 is 1.31 bits per heavy atom. The average molecular weight is 212 g/mol. The van der Waals surface area contributed by atoms with E-state index in [1.807, 2.05) is 36.5 Å². The highest BCUT2D eigenvalue weighted by atomic mass is 14.7. The Morgan fingerprint density at radius 3 is 2.94 bits per heavy atom. The Labute approximate surface area is 95.8 Å².